The highest BCUT2D eigenvalue weighted by Crippen LogP contribution is 2.35. The molecule has 0 spiro atoms. The summed E-state index contributed by atoms with van der Waals surface area (Å²) in [5.41, 5.74) is 3.05. The van der Waals surface area contributed by atoms with Crippen molar-refractivity contribution in [3.8, 4) is 17.2 Å². The van der Waals surface area contributed by atoms with Crippen molar-refractivity contribution in [1.82, 2.24) is 9.88 Å². The van der Waals surface area contributed by atoms with Gasteiger partial charge in [-0.05, 0) is 74.6 Å². The van der Waals surface area contributed by atoms with E-state index in [2.05, 4.69) is 23.3 Å². The van der Waals surface area contributed by atoms with Gasteiger partial charge < -0.3 is 24.1 Å². The van der Waals surface area contributed by atoms with E-state index in [-0.39, 0.29) is 12.0 Å². The molecule has 6 heteroatoms. The number of nitrogens with zero attached hydrogens (tertiary/aromatic N) is 1. The van der Waals surface area contributed by atoms with Crippen LogP contribution >= 0.6 is 0 Å². The summed E-state index contributed by atoms with van der Waals surface area (Å²) in [6.07, 6.45) is 4.01. The summed E-state index contributed by atoms with van der Waals surface area (Å²) in [5.74, 6) is 2.55. The lowest BCUT2D eigenvalue weighted by Gasteiger charge is -2.32. The minimum absolute atomic E-state index is 0.0356. The van der Waals surface area contributed by atoms with Crippen LogP contribution in [-0.4, -0.2) is 49.2 Å². The van der Waals surface area contributed by atoms with Crippen molar-refractivity contribution in [2.24, 2.45) is 0 Å². The number of carbonyl (C=O) groups is 1. The van der Waals surface area contributed by atoms with E-state index in [1.807, 2.05) is 36.9 Å². The van der Waals surface area contributed by atoms with Crippen molar-refractivity contribution in [1.29, 1.82) is 0 Å². The van der Waals surface area contributed by atoms with E-state index >= 15 is 0 Å². The fourth-order valence-electron chi connectivity index (χ4n) is 4.31. The number of H-pyrrole nitrogens is 1. The highest BCUT2D eigenvalue weighted by molar-refractivity contribution is 5.95. The third-order valence-electron chi connectivity index (χ3n) is 5.92. The SMILES string of the molecule is COc1ccc2[nH]cc(C3CCN(C(=O)c4ccc(OC(C)C)c(OC)c4)CC3)c2c1. The molecule has 0 radical (unpaired) electrons. The Morgan fingerprint density at radius 3 is 2.48 bits per heavy atom. The first-order valence-electron chi connectivity index (χ1n) is 10.8. The molecule has 1 N–H and O–H groups in total. The van der Waals surface area contributed by atoms with Crippen molar-refractivity contribution in [2.45, 2.75) is 38.7 Å². The summed E-state index contributed by atoms with van der Waals surface area (Å²) in [6.45, 7) is 5.39. The van der Waals surface area contributed by atoms with E-state index in [1.165, 1.54) is 10.9 Å². The minimum Gasteiger partial charge on any atom is -0.497 e. The van der Waals surface area contributed by atoms with Crippen molar-refractivity contribution in [3.05, 3.63) is 53.7 Å². The average Bonchev–Trinajstić information content (AvgIpc) is 3.21. The fourth-order valence-corrected chi connectivity index (χ4v) is 4.31. The molecule has 164 valence electrons. The number of likely N-dealkylation sites (tertiary alicyclic amines) is 1. The summed E-state index contributed by atoms with van der Waals surface area (Å²) >= 11 is 0. The first kappa shape index (κ1) is 21.1. The van der Waals surface area contributed by atoms with Gasteiger partial charge in [-0.2, -0.15) is 0 Å². The number of aromatic nitrogens is 1. The maximum atomic E-state index is 13.1. The molecule has 3 aromatic rings. The summed E-state index contributed by atoms with van der Waals surface area (Å²) in [7, 11) is 3.28. The molecule has 0 aliphatic carbocycles. The third-order valence-corrected chi connectivity index (χ3v) is 5.92. The predicted molar refractivity (Wildman–Crippen MR) is 121 cm³/mol. The van der Waals surface area contributed by atoms with Crippen molar-refractivity contribution < 1.29 is 19.0 Å². The standard InChI is InChI=1S/C25H30N2O4/c1-16(2)31-23-8-5-18(13-24(23)30-4)25(28)27-11-9-17(10-12-27)21-15-26-22-7-6-19(29-3)14-20(21)22/h5-8,13-17,26H,9-12H2,1-4H3. The maximum Gasteiger partial charge on any atom is 0.253 e. The molecule has 2 aromatic carbocycles. The predicted octanol–water partition coefficient (Wildman–Crippen LogP) is 4.99. The number of fused-ring (bicyclic) bond motifs is 1. The van der Waals surface area contributed by atoms with Gasteiger partial charge in [-0.25, -0.2) is 0 Å². The lowest BCUT2D eigenvalue weighted by atomic mass is 9.89. The van der Waals surface area contributed by atoms with E-state index in [1.54, 1.807) is 20.3 Å². The van der Waals surface area contributed by atoms with Crippen LogP contribution in [0.5, 0.6) is 17.2 Å². The van der Waals surface area contributed by atoms with Gasteiger partial charge in [0.15, 0.2) is 11.5 Å². The van der Waals surface area contributed by atoms with Gasteiger partial charge in [0.25, 0.3) is 5.91 Å². The van der Waals surface area contributed by atoms with Gasteiger partial charge >= 0.3 is 0 Å². The molecule has 4 rings (SSSR count). The fraction of sp³-hybridized carbons (Fsp3) is 0.400. The minimum atomic E-state index is 0.0356. The van der Waals surface area contributed by atoms with Crippen LogP contribution in [0.25, 0.3) is 10.9 Å². The topological polar surface area (TPSA) is 63.8 Å². The molecule has 31 heavy (non-hydrogen) atoms. The summed E-state index contributed by atoms with van der Waals surface area (Å²) < 4.78 is 16.6. The van der Waals surface area contributed by atoms with Gasteiger partial charge in [0.2, 0.25) is 0 Å². The molecule has 1 saturated heterocycles. The van der Waals surface area contributed by atoms with E-state index in [0.717, 1.165) is 37.2 Å². The lowest BCUT2D eigenvalue weighted by Crippen LogP contribution is -2.37. The Hall–Kier alpha value is -3.15. The highest BCUT2D eigenvalue weighted by Gasteiger charge is 2.27. The largest absolute Gasteiger partial charge is 0.497 e. The van der Waals surface area contributed by atoms with Gasteiger partial charge in [-0.3, -0.25) is 4.79 Å². The van der Waals surface area contributed by atoms with Gasteiger partial charge in [0.1, 0.15) is 5.75 Å². The normalized spacial score (nSPS) is 14.8. The molecule has 1 aliphatic heterocycles. The zero-order chi connectivity index (χ0) is 22.0. The molecule has 0 atom stereocenters. The maximum absolute atomic E-state index is 13.1. The molecule has 1 fully saturated rings. The summed E-state index contributed by atoms with van der Waals surface area (Å²) in [5, 5.41) is 1.20. The lowest BCUT2D eigenvalue weighted by molar-refractivity contribution is 0.0713. The molecule has 1 amide bonds. The molecule has 1 aliphatic rings. The highest BCUT2D eigenvalue weighted by atomic mass is 16.5. The third kappa shape index (κ3) is 4.33. The Balaban J connectivity index is 1.46. The molecule has 0 saturated carbocycles. The van der Waals surface area contributed by atoms with Crippen LogP contribution in [0.4, 0.5) is 0 Å². The van der Waals surface area contributed by atoms with Crippen LogP contribution in [0.15, 0.2) is 42.6 Å². The van der Waals surface area contributed by atoms with Crippen LogP contribution in [0.3, 0.4) is 0 Å². The van der Waals surface area contributed by atoms with Crippen LogP contribution in [-0.2, 0) is 0 Å². The van der Waals surface area contributed by atoms with Crippen LogP contribution in [0, 0.1) is 0 Å². The van der Waals surface area contributed by atoms with Gasteiger partial charge in [-0.15, -0.1) is 0 Å². The van der Waals surface area contributed by atoms with Gasteiger partial charge in [0.05, 0.1) is 20.3 Å². The van der Waals surface area contributed by atoms with Crippen molar-refractivity contribution >= 4 is 16.8 Å². The van der Waals surface area contributed by atoms with Gasteiger partial charge in [0, 0.05) is 35.8 Å². The van der Waals surface area contributed by atoms with Crippen LogP contribution in [0.2, 0.25) is 0 Å². The number of nitrogens with one attached hydrogen (secondary N) is 1. The quantitative estimate of drug-likeness (QED) is 0.608. The molecule has 0 unspecified atom stereocenters. The Morgan fingerprint density at radius 1 is 1.03 bits per heavy atom. The van der Waals surface area contributed by atoms with Gasteiger partial charge in [-0.1, -0.05) is 0 Å². The second-order valence-corrected chi connectivity index (χ2v) is 8.25. The number of rotatable bonds is 6. The molecule has 0 bridgehead atoms. The Morgan fingerprint density at radius 2 is 1.81 bits per heavy atom. The van der Waals surface area contributed by atoms with E-state index in [9.17, 15) is 4.79 Å². The number of ether oxygens (including phenoxy) is 3. The number of amides is 1. The zero-order valence-corrected chi connectivity index (χ0v) is 18.6. The number of benzene rings is 2. The summed E-state index contributed by atoms with van der Waals surface area (Å²) in [4.78, 5) is 18.4. The number of hydrogen-bond donors (Lipinski definition) is 1. The molecular formula is C25H30N2O4. The second-order valence-electron chi connectivity index (χ2n) is 8.25. The Bertz CT molecular complexity index is 1060. The number of aromatic amines is 1. The van der Waals surface area contributed by atoms with Crippen LogP contribution in [0.1, 0.15) is 48.5 Å². The first-order chi connectivity index (χ1) is 15.0. The van der Waals surface area contributed by atoms with Crippen molar-refractivity contribution in [3.63, 3.8) is 0 Å². The summed E-state index contributed by atoms with van der Waals surface area (Å²) in [6, 6.07) is 11.5. The Labute approximate surface area is 183 Å². The number of piperidine rings is 1. The second kappa shape index (κ2) is 8.92. The van der Waals surface area contributed by atoms with E-state index in [0.29, 0.717) is 23.0 Å². The average molecular weight is 423 g/mol. The van der Waals surface area contributed by atoms with Crippen LogP contribution < -0.4 is 14.2 Å². The Kier molecular flexibility index (Phi) is 6.07. The number of methoxy groups -OCH3 is 2. The molecule has 2 heterocycles. The van der Waals surface area contributed by atoms with E-state index < -0.39 is 0 Å². The smallest absolute Gasteiger partial charge is 0.253 e. The zero-order valence-electron chi connectivity index (χ0n) is 18.6. The first-order valence-corrected chi connectivity index (χ1v) is 10.8. The molecule has 1 aromatic heterocycles. The number of carbonyl (C=O) groups excluding carboxylic acids is 1. The monoisotopic (exact) mass is 422 g/mol. The number of hydrogen-bond acceptors (Lipinski definition) is 4. The molecular weight excluding hydrogens is 392 g/mol. The molecule has 6 nitrogen and oxygen atoms in total. The van der Waals surface area contributed by atoms with E-state index in [4.69, 9.17) is 14.2 Å². The van der Waals surface area contributed by atoms with Crippen molar-refractivity contribution in [2.75, 3.05) is 27.3 Å².